The first-order chi connectivity index (χ1) is 7.13. The van der Waals surface area contributed by atoms with E-state index in [1.54, 1.807) is 0 Å². The summed E-state index contributed by atoms with van der Waals surface area (Å²) < 4.78 is 4.66. The van der Waals surface area contributed by atoms with Crippen molar-refractivity contribution < 1.29 is 9.53 Å². The number of hydrogen-bond donors (Lipinski definition) is 1. The van der Waals surface area contributed by atoms with E-state index in [1.807, 2.05) is 31.2 Å². The SMILES string of the molecule is COC(=O)C(C)CCc1ccc(N)cc1. The van der Waals surface area contributed by atoms with Crippen LogP contribution in [0.1, 0.15) is 18.9 Å². The second-order valence-corrected chi connectivity index (χ2v) is 3.70. The Hall–Kier alpha value is -1.51. The molecule has 1 unspecified atom stereocenters. The summed E-state index contributed by atoms with van der Waals surface area (Å²) in [4.78, 5) is 11.1. The van der Waals surface area contributed by atoms with E-state index < -0.39 is 0 Å². The molecular weight excluding hydrogens is 190 g/mol. The molecule has 0 aromatic heterocycles. The maximum absolute atomic E-state index is 11.1. The van der Waals surface area contributed by atoms with Crippen LogP contribution < -0.4 is 5.73 Å². The van der Waals surface area contributed by atoms with Crippen molar-refractivity contribution in [2.45, 2.75) is 19.8 Å². The highest BCUT2D eigenvalue weighted by molar-refractivity contribution is 5.71. The van der Waals surface area contributed by atoms with E-state index in [4.69, 9.17) is 5.73 Å². The van der Waals surface area contributed by atoms with Crippen molar-refractivity contribution in [2.24, 2.45) is 5.92 Å². The molecule has 0 aliphatic carbocycles. The van der Waals surface area contributed by atoms with Crippen LogP contribution in [0, 0.1) is 5.92 Å². The summed E-state index contributed by atoms with van der Waals surface area (Å²) in [5, 5.41) is 0. The largest absolute Gasteiger partial charge is 0.469 e. The number of carbonyl (C=O) groups excluding carboxylic acids is 1. The fourth-order valence-electron chi connectivity index (χ4n) is 1.39. The van der Waals surface area contributed by atoms with Crippen molar-refractivity contribution in [3.05, 3.63) is 29.8 Å². The van der Waals surface area contributed by atoms with Gasteiger partial charge in [0, 0.05) is 5.69 Å². The highest BCUT2D eigenvalue weighted by Gasteiger charge is 2.12. The van der Waals surface area contributed by atoms with Gasteiger partial charge in [0.1, 0.15) is 0 Å². The Balaban J connectivity index is 2.43. The number of carbonyl (C=O) groups is 1. The van der Waals surface area contributed by atoms with Crippen molar-refractivity contribution in [3.63, 3.8) is 0 Å². The highest BCUT2D eigenvalue weighted by atomic mass is 16.5. The zero-order chi connectivity index (χ0) is 11.3. The van der Waals surface area contributed by atoms with Gasteiger partial charge >= 0.3 is 5.97 Å². The lowest BCUT2D eigenvalue weighted by molar-refractivity contribution is -0.145. The number of nitrogens with two attached hydrogens (primary N) is 1. The van der Waals surface area contributed by atoms with Crippen LogP contribution in [0.15, 0.2) is 24.3 Å². The van der Waals surface area contributed by atoms with E-state index in [2.05, 4.69) is 4.74 Å². The average Bonchev–Trinajstić information content (AvgIpc) is 2.26. The molecule has 0 spiro atoms. The Morgan fingerprint density at radius 1 is 1.40 bits per heavy atom. The molecule has 0 saturated heterocycles. The molecule has 2 N–H and O–H groups in total. The quantitative estimate of drug-likeness (QED) is 0.607. The normalized spacial score (nSPS) is 12.1. The van der Waals surface area contributed by atoms with E-state index in [9.17, 15) is 4.79 Å². The minimum absolute atomic E-state index is 0.0486. The monoisotopic (exact) mass is 207 g/mol. The molecule has 3 nitrogen and oxygen atoms in total. The molecule has 0 aliphatic heterocycles. The summed E-state index contributed by atoms with van der Waals surface area (Å²) in [7, 11) is 1.42. The van der Waals surface area contributed by atoms with Crippen LogP contribution >= 0.6 is 0 Å². The van der Waals surface area contributed by atoms with Gasteiger partial charge in [-0.3, -0.25) is 4.79 Å². The van der Waals surface area contributed by atoms with Crippen molar-refractivity contribution in [1.82, 2.24) is 0 Å². The maximum Gasteiger partial charge on any atom is 0.308 e. The zero-order valence-electron chi connectivity index (χ0n) is 9.19. The lowest BCUT2D eigenvalue weighted by atomic mass is 10.0. The van der Waals surface area contributed by atoms with Crippen LogP contribution in [0.5, 0.6) is 0 Å². The summed E-state index contributed by atoms with van der Waals surface area (Å²) in [6.45, 7) is 1.88. The second kappa shape index (κ2) is 5.39. The number of aryl methyl sites for hydroxylation is 1. The molecule has 1 aromatic carbocycles. The number of hydrogen-bond acceptors (Lipinski definition) is 3. The lowest BCUT2D eigenvalue weighted by Crippen LogP contribution is -2.13. The van der Waals surface area contributed by atoms with Crippen LogP contribution in [0.2, 0.25) is 0 Å². The lowest BCUT2D eigenvalue weighted by Gasteiger charge is -2.08. The minimum Gasteiger partial charge on any atom is -0.469 e. The molecule has 0 amide bonds. The Morgan fingerprint density at radius 3 is 2.53 bits per heavy atom. The maximum atomic E-state index is 11.1. The Bertz CT molecular complexity index is 319. The van der Waals surface area contributed by atoms with Crippen molar-refractivity contribution in [2.75, 3.05) is 12.8 Å². The number of benzene rings is 1. The van der Waals surface area contributed by atoms with Gasteiger partial charge in [-0.25, -0.2) is 0 Å². The van der Waals surface area contributed by atoms with E-state index in [0.717, 1.165) is 18.5 Å². The van der Waals surface area contributed by atoms with Gasteiger partial charge in [-0.2, -0.15) is 0 Å². The van der Waals surface area contributed by atoms with Crippen LogP contribution in [0.4, 0.5) is 5.69 Å². The smallest absolute Gasteiger partial charge is 0.308 e. The first-order valence-electron chi connectivity index (χ1n) is 5.05. The summed E-state index contributed by atoms with van der Waals surface area (Å²) >= 11 is 0. The Morgan fingerprint density at radius 2 is 2.00 bits per heavy atom. The molecule has 1 aromatic rings. The standard InChI is InChI=1S/C12H17NO2/c1-9(12(14)15-2)3-4-10-5-7-11(13)8-6-10/h5-9H,3-4,13H2,1-2H3. The molecule has 3 heteroatoms. The molecule has 0 aliphatic rings. The van der Waals surface area contributed by atoms with Gasteiger partial charge in [0.25, 0.3) is 0 Å². The third kappa shape index (κ3) is 3.62. The van der Waals surface area contributed by atoms with Crippen molar-refractivity contribution in [3.8, 4) is 0 Å². The van der Waals surface area contributed by atoms with Gasteiger partial charge in [0.2, 0.25) is 0 Å². The molecular formula is C12H17NO2. The van der Waals surface area contributed by atoms with Crippen molar-refractivity contribution >= 4 is 11.7 Å². The molecule has 15 heavy (non-hydrogen) atoms. The number of anilines is 1. The number of nitrogen functional groups attached to an aromatic ring is 1. The molecule has 0 bridgehead atoms. The number of esters is 1. The summed E-state index contributed by atoms with van der Waals surface area (Å²) in [6, 6.07) is 7.72. The first kappa shape index (κ1) is 11.6. The highest BCUT2D eigenvalue weighted by Crippen LogP contribution is 2.12. The number of methoxy groups -OCH3 is 1. The number of ether oxygens (including phenoxy) is 1. The van der Waals surface area contributed by atoms with E-state index >= 15 is 0 Å². The molecule has 0 heterocycles. The zero-order valence-corrected chi connectivity index (χ0v) is 9.19. The summed E-state index contributed by atoms with van der Waals surface area (Å²) in [5.74, 6) is -0.196. The molecule has 82 valence electrons. The van der Waals surface area contributed by atoms with Gasteiger partial charge in [0.15, 0.2) is 0 Å². The summed E-state index contributed by atoms with van der Waals surface area (Å²) in [5.41, 5.74) is 7.54. The van der Waals surface area contributed by atoms with Crippen LogP contribution in [0.25, 0.3) is 0 Å². The van der Waals surface area contributed by atoms with Crippen molar-refractivity contribution in [1.29, 1.82) is 0 Å². The van der Waals surface area contributed by atoms with Crippen LogP contribution in [0.3, 0.4) is 0 Å². The number of rotatable bonds is 4. The van der Waals surface area contributed by atoms with Gasteiger partial charge in [-0.05, 0) is 30.5 Å². The van der Waals surface area contributed by atoms with Gasteiger partial charge < -0.3 is 10.5 Å². The average molecular weight is 207 g/mol. The Labute approximate surface area is 90.2 Å². The third-order valence-electron chi connectivity index (χ3n) is 2.45. The van der Waals surface area contributed by atoms with Crippen LogP contribution in [-0.4, -0.2) is 13.1 Å². The molecule has 1 rings (SSSR count). The van der Waals surface area contributed by atoms with Crippen LogP contribution in [-0.2, 0) is 16.0 Å². The van der Waals surface area contributed by atoms with E-state index in [1.165, 1.54) is 12.7 Å². The fourth-order valence-corrected chi connectivity index (χ4v) is 1.39. The molecule has 0 fully saturated rings. The first-order valence-corrected chi connectivity index (χ1v) is 5.05. The van der Waals surface area contributed by atoms with E-state index in [0.29, 0.717) is 0 Å². The minimum atomic E-state index is -0.148. The van der Waals surface area contributed by atoms with Gasteiger partial charge in [-0.15, -0.1) is 0 Å². The molecule has 0 saturated carbocycles. The Kier molecular flexibility index (Phi) is 4.16. The summed E-state index contributed by atoms with van der Waals surface area (Å²) in [6.07, 6.45) is 1.67. The van der Waals surface area contributed by atoms with E-state index in [-0.39, 0.29) is 11.9 Å². The second-order valence-electron chi connectivity index (χ2n) is 3.70. The predicted octanol–water partition coefficient (Wildman–Crippen LogP) is 2.01. The third-order valence-corrected chi connectivity index (χ3v) is 2.45. The van der Waals surface area contributed by atoms with Gasteiger partial charge in [-0.1, -0.05) is 19.1 Å². The predicted molar refractivity (Wildman–Crippen MR) is 60.4 cm³/mol. The topological polar surface area (TPSA) is 52.3 Å². The van der Waals surface area contributed by atoms with Gasteiger partial charge in [0.05, 0.1) is 13.0 Å². The fraction of sp³-hybridized carbons (Fsp3) is 0.417. The molecule has 0 radical (unpaired) electrons. The molecule has 1 atom stereocenters.